The van der Waals surface area contributed by atoms with Gasteiger partial charge < -0.3 is 9.52 Å². The van der Waals surface area contributed by atoms with E-state index in [-0.39, 0.29) is 11.2 Å². The second-order valence-electron chi connectivity index (χ2n) is 7.47. The molecule has 0 spiro atoms. The third kappa shape index (κ3) is 4.04. The first-order chi connectivity index (χ1) is 14.4. The van der Waals surface area contributed by atoms with E-state index in [4.69, 9.17) is 4.42 Å². The summed E-state index contributed by atoms with van der Waals surface area (Å²) in [5, 5.41) is 11.0. The summed E-state index contributed by atoms with van der Waals surface area (Å²) in [5.41, 5.74) is 3.50. The summed E-state index contributed by atoms with van der Waals surface area (Å²) < 4.78 is 7.07. The number of halogens is 1. The number of aromatic hydroxyl groups is 1. The van der Waals surface area contributed by atoms with Crippen molar-refractivity contribution in [1.82, 2.24) is 4.90 Å². The molecule has 0 atom stereocenters. The number of rotatable bonds is 5. The monoisotopic (exact) mass is 463 g/mol. The molecule has 1 aromatic heterocycles. The molecule has 30 heavy (non-hydrogen) atoms. The maximum absolute atomic E-state index is 13.3. The SMILES string of the molecule is Cc1oc2c(CN(C)Cc3ccccc3)c(O)ccc2c(=O)c1-c1ccc(Br)cc1. The number of fused-ring (bicyclic) bond motifs is 1. The molecule has 4 aromatic rings. The van der Waals surface area contributed by atoms with Crippen LogP contribution in [0.1, 0.15) is 16.9 Å². The molecule has 152 valence electrons. The highest BCUT2D eigenvalue weighted by atomic mass is 79.9. The zero-order valence-corrected chi connectivity index (χ0v) is 18.4. The van der Waals surface area contributed by atoms with Crippen molar-refractivity contribution in [2.24, 2.45) is 0 Å². The molecule has 0 saturated carbocycles. The predicted octanol–water partition coefficient (Wildman–Crippen LogP) is 5.87. The Bertz CT molecular complexity index is 1250. The van der Waals surface area contributed by atoms with Crippen LogP contribution in [-0.2, 0) is 13.1 Å². The summed E-state index contributed by atoms with van der Waals surface area (Å²) in [6.07, 6.45) is 0. The lowest BCUT2D eigenvalue weighted by molar-refractivity contribution is 0.312. The third-order valence-corrected chi connectivity index (χ3v) is 5.70. The zero-order chi connectivity index (χ0) is 21.3. The van der Waals surface area contributed by atoms with Gasteiger partial charge in [-0.2, -0.15) is 0 Å². The number of benzene rings is 3. The van der Waals surface area contributed by atoms with E-state index >= 15 is 0 Å². The number of phenolic OH excluding ortho intramolecular Hbond substituents is 1. The summed E-state index contributed by atoms with van der Waals surface area (Å²) in [4.78, 5) is 15.4. The fraction of sp³-hybridized carbons (Fsp3) is 0.160. The fourth-order valence-corrected chi connectivity index (χ4v) is 4.00. The van der Waals surface area contributed by atoms with Crippen molar-refractivity contribution < 1.29 is 9.52 Å². The first kappa shape index (κ1) is 20.4. The molecule has 0 radical (unpaired) electrons. The van der Waals surface area contributed by atoms with Crippen molar-refractivity contribution in [2.75, 3.05) is 7.05 Å². The average molecular weight is 464 g/mol. The van der Waals surface area contributed by atoms with Crippen molar-refractivity contribution in [3.05, 3.63) is 98.3 Å². The highest BCUT2D eigenvalue weighted by Gasteiger charge is 2.19. The molecule has 0 aliphatic heterocycles. The van der Waals surface area contributed by atoms with Gasteiger partial charge in [0.05, 0.1) is 16.5 Å². The molecule has 0 aliphatic carbocycles. The van der Waals surface area contributed by atoms with Gasteiger partial charge in [-0.1, -0.05) is 58.4 Å². The molecule has 0 bridgehead atoms. The molecule has 0 unspecified atom stereocenters. The average Bonchev–Trinajstić information content (AvgIpc) is 2.72. The van der Waals surface area contributed by atoms with Gasteiger partial charge >= 0.3 is 0 Å². The predicted molar refractivity (Wildman–Crippen MR) is 124 cm³/mol. The second kappa shape index (κ2) is 8.46. The lowest BCUT2D eigenvalue weighted by Crippen LogP contribution is -2.18. The van der Waals surface area contributed by atoms with Crippen LogP contribution >= 0.6 is 15.9 Å². The van der Waals surface area contributed by atoms with Crippen LogP contribution in [0.2, 0.25) is 0 Å². The van der Waals surface area contributed by atoms with Gasteiger partial charge in [0.2, 0.25) is 5.43 Å². The number of hydrogen-bond donors (Lipinski definition) is 1. The Hall–Kier alpha value is -2.89. The zero-order valence-electron chi connectivity index (χ0n) is 16.9. The molecule has 4 nitrogen and oxygen atoms in total. The molecule has 0 fully saturated rings. The van der Waals surface area contributed by atoms with Crippen LogP contribution in [0, 0.1) is 6.92 Å². The topological polar surface area (TPSA) is 53.7 Å². The van der Waals surface area contributed by atoms with Crippen molar-refractivity contribution >= 4 is 26.9 Å². The van der Waals surface area contributed by atoms with E-state index in [0.29, 0.717) is 34.4 Å². The van der Waals surface area contributed by atoms with Crippen LogP contribution in [0.25, 0.3) is 22.1 Å². The Labute approximate surface area is 183 Å². The number of hydrogen-bond acceptors (Lipinski definition) is 4. The minimum absolute atomic E-state index is 0.0944. The van der Waals surface area contributed by atoms with Crippen LogP contribution in [0.5, 0.6) is 5.75 Å². The Kier molecular flexibility index (Phi) is 5.75. The molecule has 4 rings (SSSR count). The first-order valence-corrected chi connectivity index (χ1v) is 10.5. The molecule has 0 amide bonds. The van der Waals surface area contributed by atoms with E-state index in [1.54, 1.807) is 19.1 Å². The summed E-state index contributed by atoms with van der Waals surface area (Å²) in [7, 11) is 1.98. The minimum atomic E-state index is -0.0944. The van der Waals surface area contributed by atoms with Crippen molar-refractivity contribution in [1.29, 1.82) is 0 Å². The van der Waals surface area contributed by atoms with Gasteiger partial charge in [-0.15, -0.1) is 0 Å². The van der Waals surface area contributed by atoms with E-state index in [9.17, 15) is 9.90 Å². The summed E-state index contributed by atoms with van der Waals surface area (Å²) in [6, 6.07) is 20.9. The first-order valence-electron chi connectivity index (χ1n) is 9.70. The Morgan fingerprint density at radius 2 is 1.67 bits per heavy atom. The highest BCUT2D eigenvalue weighted by molar-refractivity contribution is 9.10. The van der Waals surface area contributed by atoms with E-state index in [2.05, 4.69) is 33.0 Å². The number of aryl methyl sites for hydroxylation is 1. The highest BCUT2D eigenvalue weighted by Crippen LogP contribution is 2.31. The van der Waals surface area contributed by atoms with Crippen molar-refractivity contribution in [2.45, 2.75) is 20.0 Å². The largest absolute Gasteiger partial charge is 0.507 e. The molecule has 0 aliphatic rings. The fourth-order valence-electron chi connectivity index (χ4n) is 3.74. The van der Waals surface area contributed by atoms with Gasteiger partial charge in [0, 0.05) is 17.6 Å². The van der Waals surface area contributed by atoms with Gasteiger partial charge in [0.15, 0.2) is 0 Å². The molecule has 1 heterocycles. The quantitative estimate of drug-likeness (QED) is 0.402. The maximum atomic E-state index is 13.3. The summed E-state index contributed by atoms with van der Waals surface area (Å²) in [5.74, 6) is 0.661. The summed E-state index contributed by atoms with van der Waals surface area (Å²) in [6.45, 7) is 2.97. The molecule has 3 aromatic carbocycles. The molecule has 0 saturated heterocycles. The minimum Gasteiger partial charge on any atom is -0.507 e. The molecule has 5 heteroatoms. The lowest BCUT2D eigenvalue weighted by atomic mass is 10.0. The normalized spacial score (nSPS) is 11.3. The Morgan fingerprint density at radius 3 is 2.37 bits per heavy atom. The molecule has 1 N–H and O–H groups in total. The van der Waals surface area contributed by atoms with E-state index in [1.807, 2.05) is 49.5 Å². The van der Waals surface area contributed by atoms with Crippen molar-refractivity contribution in [3.63, 3.8) is 0 Å². The van der Waals surface area contributed by atoms with E-state index < -0.39 is 0 Å². The van der Waals surface area contributed by atoms with Crippen LogP contribution in [0.3, 0.4) is 0 Å². The Balaban J connectivity index is 1.77. The smallest absolute Gasteiger partial charge is 0.200 e. The lowest BCUT2D eigenvalue weighted by Gasteiger charge is -2.19. The maximum Gasteiger partial charge on any atom is 0.200 e. The number of phenols is 1. The van der Waals surface area contributed by atoms with E-state index in [0.717, 1.165) is 16.6 Å². The third-order valence-electron chi connectivity index (χ3n) is 5.17. The van der Waals surface area contributed by atoms with Gasteiger partial charge in [-0.3, -0.25) is 9.69 Å². The van der Waals surface area contributed by atoms with E-state index in [1.165, 1.54) is 5.56 Å². The van der Waals surface area contributed by atoms with Crippen LogP contribution in [-0.4, -0.2) is 17.1 Å². The molecular formula is C25H22BrNO3. The van der Waals surface area contributed by atoms with Gasteiger partial charge in [0.1, 0.15) is 17.1 Å². The second-order valence-corrected chi connectivity index (χ2v) is 8.38. The Morgan fingerprint density at radius 1 is 0.967 bits per heavy atom. The van der Waals surface area contributed by atoms with Gasteiger partial charge in [0.25, 0.3) is 0 Å². The van der Waals surface area contributed by atoms with Crippen LogP contribution < -0.4 is 5.43 Å². The number of nitrogens with zero attached hydrogens (tertiary/aromatic N) is 1. The van der Waals surface area contributed by atoms with Crippen molar-refractivity contribution in [3.8, 4) is 16.9 Å². The summed E-state index contributed by atoms with van der Waals surface area (Å²) >= 11 is 3.42. The van der Waals surface area contributed by atoms with Crippen LogP contribution in [0.4, 0.5) is 0 Å². The standard InChI is InChI=1S/C25H22BrNO3/c1-16-23(18-8-10-19(26)11-9-18)24(29)20-12-13-22(28)21(25(20)30-16)15-27(2)14-17-6-4-3-5-7-17/h3-13,28H,14-15H2,1-2H3. The molecular weight excluding hydrogens is 442 g/mol. The van der Waals surface area contributed by atoms with Gasteiger partial charge in [-0.05, 0) is 49.4 Å². The van der Waals surface area contributed by atoms with Crippen LogP contribution in [0.15, 0.2) is 80.4 Å². The van der Waals surface area contributed by atoms with Gasteiger partial charge in [-0.25, -0.2) is 0 Å².